The molecule has 1 aliphatic heterocycles. The van der Waals surface area contributed by atoms with E-state index in [2.05, 4.69) is 23.0 Å². The topological polar surface area (TPSA) is 65.2 Å². The Morgan fingerprint density at radius 3 is 2.54 bits per heavy atom. The molecule has 2 aromatic rings. The van der Waals surface area contributed by atoms with Gasteiger partial charge in [0, 0.05) is 51.9 Å². The Kier molecular flexibility index (Phi) is 6.48. The average molecular weight is 380 g/mol. The van der Waals surface area contributed by atoms with Crippen molar-refractivity contribution in [2.75, 3.05) is 26.2 Å². The zero-order chi connectivity index (χ0) is 20.1. The van der Waals surface area contributed by atoms with Crippen molar-refractivity contribution in [1.29, 1.82) is 5.26 Å². The summed E-state index contributed by atoms with van der Waals surface area (Å²) in [5.41, 5.74) is 5.27. The molecule has 0 unspecified atom stereocenters. The SMILES string of the molecule is Cc1nn(C)c(C)c1CCC(=O)N1CCCN(Cc2ccc(C#N)cc2)CC1. The van der Waals surface area contributed by atoms with Gasteiger partial charge in [-0.15, -0.1) is 0 Å². The van der Waals surface area contributed by atoms with Gasteiger partial charge in [-0.25, -0.2) is 0 Å². The van der Waals surface area contributed by atoms with E-state index in [4.69, 9.17) is 5.26 Å². The predicted octanol–water partition coefficient (Wildman–Crippen LogP) is 2.58. The third kappa shape index (κ3) is 4.79. The molecule has 1 aromatic heterocycles. The summed E-state index contributed by atoms with van der Waals surface area (Å²) in [6.07, 6.45) is 2.30. The molecule has 6 nitrogen and oxygen atoms in total. The van der Waals surface area contributed by atoms with Crippen molar-refractivity contribution in [2.45, 2.75) is 39.7 Å². The van der Waals surface area contributed by atoms with Gasteiger partial charge in [0.05, 0.1) is 17.3 Å². The fourth-order valence-corrected chi connectivity index (χ4v) is 3.89. The minimum atomic E-state index is 0.239. The first-order valence-corrected chi connectivity index (χ1v) is 9.96. The Hall–Kier alpha value is -2.65. The monoisotopic (exact) mass is 379 g/mol. The van der Waals surface area contributed by atoms with Crippen molar-refractivity contribution in [1.82, 2.24) is 19.6 Å². The summed E-state index contributed by atoms with van der Waals surface area (Å²) in [6.45, 7) is 8.42. The highest BCUT2D eigenvalue weighted by Gasteiger charge is 2.20. The first-order chi connectivity index (χ1) is 13.5. The van der Waals surface area contributed by atoms with Gasteiger partial charge in [0.2, 0.25) is 5.91 Å². The summed E-state index contributed by atoms with van der Waals surface area (Å²) in [6, 6.07) is 9.93. The molecule has 1 fully saturated rings. The summed E-state index contributed by atoms with van der Waals surface area (Å²) in [5, 5.41) is 13.4. The number of carbonyl (C=O) groups is 1. The number of nitrogens with zero attached hydrogens (tertiary/aromatic N) is 5. The summed E-state index contributed by atoms with van der Waals surface area (Å²) in [4.78, 5) is 17.1. The second-order valence-corrected chi connectivity index (χ2v) is 7.59. The smallest absolute Gasteiger partial charge is 0.222 e. The van der Waals surface area contributed by atoms with E-state index in [1.54, 1.807) is 0 Å². The largest absolute Gasteiger partial charge is 0.341 e. The predicted molar refractivity (Wildman–Crippen MR) is 109 cm³/mol. The van der Waals surface area contributed by atoms with E-state index in [0.29, 0.717) is 12.0 Å². The maximum absolute atomic E-state index is 12.7. The van der Waals surface area contributed by atoms with Crippen LogP contribution in [-0.2, 0) is 24.8 Å². The van der Waals surface area contributed by atoms with E-state index in [-0.39, 0.29) is 5.91 Å². The zero-order valence-corrected chi connectivity index (χ0v) is 17.1. The second-order valence-electron chi connectivity index (χ2n) is 7.59. The van der Waals surface area contributed by atoms with Crippen LogP contribution in [0.2, 0.25) is 0 Å². The molecule has 28 heavy (non-hydrogen) atoms. The number of nitriles is 1. The van der Waals surface area contributed by atoms with E-state index < -0.39 is 0 Å². The van der Waals surface area contributed by atoms with Gasteiger partial charge in [0.25, 0.3) is 0 Å². The molecule has 148 valence electrons. The van der Waals surface area contributed by atoms with Gasteiger partial charge < -0.3 is 4.90 Å². The van der Waals surface area contributed by atoms with Gasteiger partial charge >= 0.3 is 0 Å². The van der Waals surface area contributed by atoms with Crippen LogP contribution in [0, 0.1) is 25.2 Å². The van der Waals surface area contributed by atoms with E-state index in [1.165, 1.54) is 11.1 Å². The van der Waals surface area contributed by atoms with Crippen molar-refractivity contribution >= 4 is 5.91 Å². The molecule has 6 heteroatoms. The lowest BCUT2D eigenvalue weighted by Crippen LogP contribution is -2.35. The number of aromatic nitrogens is 2. The normalized spacial score (nSPS) is 15.3. The second kappa shape index (κ2) is 9.03. The number of aryl methyl sites for hydroxylation is 2. The lowest BCUT2D eigenvalue weighted by Gasteiger charge is -2.22. The maximum Gasteiger partial charge on any atom is 0.222 e. The quantitative estimate of drug-likeness (QED) is 0.801. The minimum Gasteiger partial charge on any atom is -0.341 e. The summed E-state index contributed by atoms with van der Waals surface area (Å²) < 4.78 is 1.89. The van der Waals surface area contributed by atoms with Gasteiger partial charge in [-0.3, -0.25) is 14.4 Å². The zero-order valence-electron chi connectivity index (χ0n) is 17.1. The summed E-state index contributed by atoms with van der Waals surface area (Å²) in [7, 11) is 1.95. The number of hydrogen-bond acceptors (Lipinski definition) is 4. The highest BCUT2D eigenvalue weighted by Crippen LogP contribution is 2.16. The van der Waals surface area contributed by atoms with E-state index in [1.807, 2.05) is 47.8 Å². The molecule has 0 bridgehead atoms. The van der Waals surface area contributed by atoms with Gasteiger partial charge in [0.15, 0.2) is 0 Å². The van der Waals surface area contributed by atoms with Crippen molar-refractivity contribution in [3.8, 4) is 6.07 Å². The number of amides is 1. The van der Waals surface area contributed by atoms with E-state index in [9.17, 15) is 4.79 Å². The third-order valence-corrected chi connectivity index (χ3v) is 5.68. The minimum absolute atomic E-state index is 0.239. The molecule has 1 aliphatic rings. The van der Waals surface area contributed by atoms with Crippen LogP contribution < -0.4 is 0 Å². The average Bonchev–Trinajstić information content (AvgIpc) is 2.85. The molecule has 0 aliphatic carbocycles. The Morgan fingerprint density at radius 2 is 1.89 bits per heavy atom. The lowest BCUT2D eigenvalue weighted by atomic mass is 10.1. The lowest BCUT2D eigenvalue weighted by molar-refractivity contribution is -0.131. The first-order valence-electron chi connectivity index (χ1n) is 9.96. The van der Waals surface area contributed by atoms with Crippen LogP contribution in [0.15, 0.2) is 24.3 Å². The van der Waals surface area contributed by atoms with Crippen LogP contribution >= 0.6 is 0 Å². The first kappa shape index (κ1) is 20.1. The van der Waals surface area contributed by atoms with Crippen LogP contribution in [-0.4, -0.2) is 51.7 Å². The van der Waals surface area contributed by atoms with Crippen LogP contribution in [0.1, 0.15) is 40.9 Å². The summed E-state index contributed by atoms with van der Waals surface area (Å²) >= 11 is 0. The Bertz CT molecular complexity index is 862. The van der Waals surface area contributed by atoms with Gasteiger partial charge in [-0.2, -0.15) is 10.4 Å². The number of carbonyl (C=O) groups excluding carboxylic acids is 1. The molecule has 0 atom stereocenters. The van der Waals surface area contributed by atoms with Crippen molar-refractivity contribution < 1.29 is 4.79 Å². The Labute approximate surface area is 167 Å². The van der Waals surface area contributed by atoms with E-state index in [0.717, 1.165) is 57.0 Å². The molecular weight excluding hydrogens is 350 g/mol. The van der Waals surface area contributed by atoms with Crippen LogP contribution in [0.4, 0.5) is 0 Å². The number of hydrogen-bond donors (Lipinski definition) is 0. The van der Waals surface area contributed by atoms with Gasteiger partial charge in [0.1, 0.15) is 0 Å². The molecule has 2 heterocycles. The fraction of sp³-hybridized carbons (Fsp3) is 0.500. The Morgan fingerprint density at radius 1 is 1.14 bits per heavy atom. The molecule has 1 amide bonds. The maximum atomic E-state index is 12.7. The molecular formula is C22H29N5O. The molecule has 0 N–H and O–H groups in total. The highest BCUT2D eigenvalue weighted by atomic mass is 16.2. The molecule has 0 saturated carbocycles. The number of benzene rings is 1. The van der Waals surface area contributed by atoms with Gasteiger partial charge in [-0.1, -0.05) is 12.1 Å². The van der Waals surface area contributed by atoms with Crippen LogP contribution in [0.5, 0.6) is 0 Å². The van der Waals surface area contributed by atoms with Crippen molar-refractivity contribution in [3.63, 3.8) is 0 Å². The molecule has 0 spiro atoms. The third-order valence-electron chi connectivity index (χ3n) is 5.68. The van der Waals surface area contributed by atoms with Crippen LogP contribution in [0.3, 0.4) is 0 Å². The molecule has 1 aromatic carbocycles. The van der Waals surface area contributed by atoms with E-state index >= 15 is 0 Å². The Balaban J connectivity index is 1.51. The standard InChI is InChI=1S/C22H29N5O/c1-17-21(18(2)25(3)24-17)9-10-22(28)27-12-4-11-26(13-14-27)16-20-7-5-19(15-23)6-8-20/h5-8H,4,9-14,16H2,1-3H3. The van der Waals surface area contributed by atoms with Crippen molar-refractivity contribution in [2.24, 2.45) is 7.05 Å². The molecule has 1 saturated heterocycles. The van der Waals surface area contributed by atoms with Crippen molar-refractivity contribution in [3.05, 3.63) is 52.3 Å². The van der Waals surface area contributed by atoms with Crippen LogP contribution in [0.25, 0.3) is 0 Å². The fourth-order valence-electron chi connectivity index (χ4n) is 3.89. The van der Waals surface area contributed by atoms with Gasteiger partial charge in [-0.05, 0) is 49.9 Å². The molecule has 0 radical (unpaired) electrons. The molecule has 3 rings (SSSR count). The number of rotatable bonds is 5. The summed E-state index contributed by atoms with van der Waals surface area (Å²) in [5.74, 6) is 0.239. The highest BCUT2D eigenvalue weighted by molar-refractivity contribution is 5.76.